The minimum Gasteiger partial charge on any atom is -0.748 e. The van der Waals surface area contributed by atoms with Crippen molar-refractivity contribution in [3.63, 3.8) is 0 Å². The highest BCUT2D eigenvalue weighted by atomic mass is 32.2. The molecule has 0 aliphatic heterocycles. The molecule has 1 aromatic carbocycles. The zero-order valence-corrected chi connectivity index (χ0v) is 11.9. The number of ether oxygens (including phenoxy) is 1. The molecule has 0 atom stereocenters. The zero-order chi connectivity index (χ0) is 14.0. The molecule has 0 spiro atoms. The molecule has 4 nitrogen and oxygen atoms in total. The minimum absolute atomic E-state index is 0.232. The molecule has 0 heterocycles. The van der Waals surface area contributed by atoms with E-state index < -0.39 is 10.1 Å². The molecule has 0 aliphatic carbocycles. The fourth-order valence-corrected chi connectivity index (χ4v) is 2.35. The van der Waals surface area contributed by atoms with Crippen molar-refractivity contribution in [2.24, 2.45) is 0 Å². The molecule has 0 radical (unpaired) electrons. The molecule has 19 heavy (non-hydrogen) atoms. The average molecular weight is 285 g/mol. The normalized spacial score (nSPS) is 11.4. The van der Waals surface area contributed by atoms with Crippen molar-refractivity contribution in [1.29, 1.82) is 0 Å². The van der Waals surface area contributed by atoms with Gasteiger partial charge in [0.05, 0.1) is 16.7 Å². The third-order valence-electron chi connectivity index (χ3n) is 2.80. The Hall–Kier alpha value is -1.07. The van der Waals surface area contributed by atoms with E-state index in [4.69, 9.17) is 4.74 Å². The molecule has 0 unspecified atom stereocenters. The lowest BCUT2D eigenvalue weighted by atomic mass is 10.1. The smallest absolute Gasteiger partial charge is 0.119 e. The summed E-state index contributed by atoms with van der Waals surface area (Å²) >= 11 is 0. The summed E-state index contributed by atoms with van der Waals surface area (Å²) in [7, 11) is -4.03. The van der Waals surface area contributed by atoms with E-state index in [1.54, 1.807) is 0 Å². The van der Waals surface area contributed by atoms with Crippen molar-refractivity contribution in [3.05, 3.63) is 30.3 Å². The molecule has 0 fully saturated rings. The number of unbranched alkanes of at least 4 members (excludes halogenated alkanes) is 5. The number of para-hydroxylation sites is 1. The first-order valence-electron chi connectivity index (χ1n) is 6.69. The number of benzene rings is 1. The van der Waals surface area contributed by atoms with Gasteiger partial charge in [0, 0.05) is 5.75 Å². The Morgan fingerprint density at radius 2 is 1.47 bits per heavy atom. The fourth-order valence-electron chi connectivity index (χ4n) is 1.79. The molecule has 0 saturated heterocycles. The summed E-state index contributed by atoms with van der Waals surface area (Å²) in [5, 5.41) is 0. The third kappa shape index (κ3) is 9.50. The van der Waals surface area contributed by atoms with Crippen LogP contribution >= 0.6 is 0 Å². The van der Waals surface area contributed by atoms with Crippen LogP contribution in [0, 0.1) is 0 Å². The lowest BCUT2D eigenvalue weighted by Crippen LogP contribution is -2.03. The second-order valence-corrected chi connectivity index (χ2v) is 6.07. The van der Waals surface area contributed by atoms with Crippen molar-refractivity contribution >= 4 is 10.1 Å². The van der Waals surface area contributed by atoms with E-state index in [1.807, 2.05) is 30.3 Å². The van der Waals surface area contributed by atoms with E-state index >= 15 is 0 Å². The molecule has 0 aromatic heterocycles. The van der Waals surface area contributed by atoms with Crippen LogP contribution in [-0.2, 0) is 10.1 Å². The molecule has 5 heteroatoms. The van der Waals surface area contributed by atoms with Gasteiger partial charge in [0.2, 0.25) is 0 Å². The van der Waals surface area contributed by atoms with E-state index in [2.05, 4.69) is 0 Å². The first kappa shape index (κ1) is 16.0. The average Bonchev–Trinajstić information content (AvgIpc) is 2.37. The Morgan fingerprint density at radius 3 is 2.11 bits per heavy atom. The molecule has 0 bridgehead atoms. The van der Waals surface area contributed by atoms with Crippen molar-refractivity contribution in [1.82, 2.24) is 0 Å². The van der Waals surface area contributed by atoms with Gasteiger partial charge in [-0.1, -0.05) is 43.9 Å². The minimum atomic E-state index is -4.03. The maximum atomic E-state index is 10.4. The lowest BCUT2D eigenvalue weighted by molar-refractivity contribution is 0.304. The second-order valence-electron chi connectivity index (χ2n) is 4.54. The van der Waals surface area contributed by atoms with Gasteiger partial charge in [-0.25, -0.2) is 8.42 Å². The van der Waals surface area contributed by atoms with Gasteiger partial charge < -0.3 is 9.29 Å². The van der Waals surface area contributed by atoms with Gasteiger partial charge in [-0.3, -0.25) is 0 Å². The van der Waals surface area contributed by atoms with Crippen LogP contribution in [0.1, 0.15) is 38.5 Å². The summed E-state index contributed by atoms with van der Waals surface area (Å²) in [6.07, 6.45) is 5.37. The van der Waals surface area contributed by atoms with Gasteiger partial charge in [-0.2, -0.15) is 0 Å². The van der Waals surface area contributed by atoms with Crippen molar-refractivity contribution in [3.8, 4) is 5.75 Å². The fraction of sp³-hybridized carbons (Fsp3) is 0.571. The first-order valence-corrected chi connectivity index (χ1v) is 8.27. The van der Waals surface area contributed by atoms with Crippen LogP contribution in [-0.4, -0.2) is 25.3 Å². The SMILES string of the molecule is O=S(=O)([O-])CCCCCCCCOc1ccccc1. The molecule has 1 aromatic rings. The van der Waals surface area contributed by atoms with Crippen LogP contribution < -0.4 is 4.74 Å². The summed E-state index contributed by atoms with van der Waals surface area (Å²) < 4.78 is 36.7. The molecular formula is C14H21O4S-. The zero-order valence-electron chi connectivity index (χ0n) is 11.1. The highest BCUT2D eigenvalue weighted by Gasteiger charge is 1.96. The van der Waals surface area contributed by atoms with E-state index in [-0.39, 0.29) is 5.75 Å². The van der Waals surface area contributed by atoms with Gasteiger partial charge in [0.15, 0.2) is 0 Å². The Morgan fingerprint density at radius 1 is 0.895 bits per heavy atom. The Bertz CT molecular complexity index is 428. The summed E-state index contributed by atoms with van der Waals surface area (Å²) in [6.45, 7) is 0.707. The molecule has 0 N–H and O–H groups in total. The molecule has 108 valence electrons. The predicted molar refractivity (Wildman–Crippen MR) is 74.2 cm³/mol. The van der Waals surface area contributed by atoms with E-state index in [9.17, 15) is 13.0 Å². The summed E-state index contributed by atoms with van der Waals surface area (Å²) in [4.78, 5) is 0. The molecular weight excluding hydrogens is 264 g/mol. The Kier molecular flexibility index (Phi) is 7.52. The van der Waals surface area contributed by atoms with Crippen molar-refractivity contribution < 1.29 is 17.7 Å². The van der Waals surface area contributed by atoms with Gasteiger partial charge in [-0.05, 0) is 25.0 Å². The molecule has 0 saturated carbocycles. The van der Waals surface area contributed by atoms with Gasteiger partial charge >= 0.3 is 0 Å². The maximum absolute atomic E-state index is 10.4. The highest BCUT2D eigenvalue weighted by Crippen LogP contribution is 2.10. The van der Waals surface area contributed by atoms with E-state index in [0.29, 0.717) is 13.0 Å². The number of hydrogen-bond donors (Lipinski definition) is 0. The van der Waals surface area contributed by atoms with Crippen molar-refractivity contribution in [2.45, 2.75) is 38.5 Å². The van der Waals surface area contributed by atoms with Crippen molar-refractivity contribution in [2.75, 3.05) is 12.4 Å². The quantitative estimate of drug-likeness (QED) is 0.489. The monoisotopic (exact) mass is 285 g/mol. The highest BCUT2D eigenvalue weighted by molar-refractivity contribution is 7.85. The number of rotatable bonds is 10. The number of hydrogen-bond acceptors (Lipinski definition) is 4. The largest absolute Gasteiger partial charge is 0.748 e. The standard InChI is InChI=1S/C14H22O4S/c15-19(16,17)13-9-4-2-1-3-8-12-18-14-10-6-5-7-11-14/h5-7,10-11H,1-4,8-9,12-13H2,(H,15,16,17)/p-1. The van der Waals surface area contributed by atoms with Crippen LogP contribution in [0.5, 0.6) is 5.75 Å². The first-order chi connectivity index (χ1) is 9.08. The van der Waals surface area contributed by atoms with E-state index in [1.165, 1.54) is 0 Å². The Balaban J connectivity index is 1.89. The molecule has 0 aliphatic rings. The van der Waals surface area contributed by atoms with E-state index in [0.717, 1.165) is 37.9 Å². The van der Waals surface area contributed by atoms with Gasteiger partial charge in [0.25, 0.3) is 0 Å². The summed E-state index contributed by atoms with van der Waals surface area (Å²) in [6, 6.07) is 9.71. The van der Waals surface area contributed by atoms with Crippen LogP contribution in [0.15, 0.2) is 30.3 Å². The van der Waals surface area contributed by atoms with Crippen LogP contribution in [0.4, 0.5) is 0 Å². The maximum Gasteiger partial charge on any atom is 0.119 e. The van der Waals surface area contributed by atoms with Gasteiger partial charge in [-0.15, -0.1) is 0 Å². The Labute approximate surface area is 115 Å². The summed E-state index contributed by atoms with van der Waals surface area (Å²) in [5.74, 6) is 0.660. The second kappa shape index (κ2) is 8.93. The van der Waals surface area contributed by atoms with Crippen LogP contribution in [0.3, 0.4) is 0 Å². The van der Waals surface area contributed by atoms with Crippen LogP contribution in [0.2, 0.25) is 0 Å². The summed E-state index contributed by atoms with van der Waals surface area (Å²) in [5.41, 5.74) is 0. The van der Waals surface area contributed by atoms with Gasteiger partial charge in [0.1, 0.15) is 5.75 Å². The predicted octanol–water partition coefficient (Wildman–Crippen LogP) is 2.95. The third-order valence-corrected chi connectivity index (χ3v) is 3.59. The molecule has 1 rings (SSSR count). The topological polar surface area (TPSA) is 66.4 Å². The lowest BCUT2D eigenvalue weighted by Gasteiger charge is -2.07. The molecule has 0 amide bonds. The van der Waals surface area contributed by atoms with Crippen LogP contribution in [0.25, 0.3) is 0 Å².